The van der Waals surface area contributed by atoms with Crippen molar-refractivity contribution in [3.8, 4) is 0 Å². The average Bonchev–Trinajstić information content (AvgIpc) is 2.53. The largest absolute Gasteiger partial charge is 0.478 e. The second-order valence-electron chi connectivity index (χ2n) is 4.92. The molecule has 2 aromatic rings. The highest BCUT2D eigenvalue weighted by molar-refractivity contribution is 7.99. The molecule has 0 fully saturated rings. The molecule has 0 spiro atoms. The van der Waals surface area contributed by atoms with Crippen LogP contribution in [0.25, 0.3) is 0 Å². The molecule has 1 N–H and O–H groups in total. The smallest absolute Gasteiger partial charge is 0.336 e. The summed E-state index contributed by atoms with van der Waals surface area (Å²) in [5, 5.41) is 9.22. The number of carboxylic acids is 1. The van der Waals surface area contributed by atoms with E-state index in [-0.39, 0.29) is 6.10 Å². The van der Waals surface area contributed by atoms with E-state index in [1.165, 1.54) is 22.9 Å². The standard InChI is InChI=1S/C17H16O3S/c18-17(19)14-7-3-4-8-16(14)21-11-15-13-6-2-1-5-12(13)9-10-20-15/h1-8,15H,9-11H2,(H,18,19). The second-order valence-corrected chi connectivity index (χ2v) is 5.98. The molecule has 0 aromatic heterocycles. The third-order valence-electron chi connectivity index (χ3n) is 3.60. The molecule has 0 radical (unpaired) electrons. The first-order valence-corrected chi connectivity index (χ1v) is 7.89. The van der Waals surface area contributed by atoms with Crippen molar-refractivity contribution in [2.45, 2.75) is 17.4 Å². The number of aromatic carboxylic acids is 1. The van der Waals surface area contributed by atoms with Crippen LogP contribution in [-0.2, 0) is 11.2 Å². The molecule has 1 atom stereocenters. The van der Waals surface area contributed by atoms with Crippen molar-refractivity contribution in [2.75, 3.05) is 12.4 Å². The van der Waals surface area contributed by atoms with Crippen molar-refractivity contribution in [2.24, 2.45) is 0 Å². The van der Waals surface area contributed by atoms with Gasteiger partial charge in [-0.1, -0.05) is 36.4 Å². The topological polar surface area (TPSA) is 46.5 Å². The van der Waals surface area contributed by atoms with Gasteiger partial charge < -0.3 is 9.84 Å². The Morgan fingerprint density at radius 1 is 1.19 bits per heavy atom. The predicted molar refractivity (Wildman–Crippen MR) is 83.0 cm³/mol. The van der Waals surface area contributed by atoms with E-state index < -0.39 is 5.97 Å². The highest BCUT2D eigenvalue weighted by Crippen LogP contribution is 2.33. The molecule has 0 saturated heterocycles. The molecule has 0 amide bonds. The maximum Gasteiger partial charge on any atom is 0.336 e. The summed E-state index contributed by atoms with van der Waals surface area (Å²) in [4.78, 5) is 12.0. The van der Waals surface area contributed by atoms with E-state index in [1.807, 2.05) is 24.3 Å². The molecule has 108 valence electrons. The Morgan fingerprint density at radius 2 is 1.95 bits per heavy atom. The van der Waals surface area contributed by atoms with Crippen LogP contribution in [-0.4, -0.2) is 23.4 Å². The van der Waals surface area contributed by atoms with Crippen molar-refractivity contribution in [3.63, 3.8) is 0 Å². The average molecular weight is 300 g/mol. The summed E-state index contributed by atoms with van der Waals surface area (Å²) in [6, 6.07) is 15.4. The van der Waals surface area contributed by atoms with Gasteiger partial charge >= 0.3 is 5.97 Å². The first-order valence-electron chi connectivity index (χ1n) is 6.90. The van der Waals surface area contributed by atoms with Gasteiger partial charge in [0.1, 0.15) is 0 Å². The van der Waals surface area contributed by atoms with Crippen molar-refractivity contribution >= 4 is 17.7 Å². The molecule has 3 rings (SSSR count). The third kappa shape index (κ3) is 3.12. The quantitative estimate of drug-likeness (QED) is 0.873. The highest BCUT2D eigenvalue weighted by Gasteiger charge is 2.21. The normalized spacial score (nSPS) is 17.2. The Labute approximate surface area is 127 Å². The van der Waals surface area contributed by atoms with Crippen LogP contribution in [0.2, 0.25) is 0 Å². The number of rotatable bonds is 4. The minimum absolute atomic E-state index is 0.0294. The molecule has 0 aliphatic carbocycles. The van der Waals surface area contributed by atoms with Crippen LogP contribution in [0.3, 0.4) is 0 Å². The number of carbonyl (C=O) groups is 1. The molecule has 21 heavy (non-hydrogen) atoms. The highest BCUT2D eigenvalue weighted by atomic mass is 32.2. The van der Waals surface area contributed by atoms with Crippen LogP contribution in [0.15, 0.2) is 53.4 Å². The maximum atomic E-state index is 11.2. The number of thioether (sulfide) groups is 1. The fourth-order valence-electron chi connectivity index (χ4n) is 2.55. The Hall–Kier alpha value is -1.78. The number of fused-ring (bicyclic) bond motifs is 1. The van der Waals surface area contributed by atoms with Gasteiger partial charge in [0.15, 0.2) is 0 Å². The zero-order valence-corrected chi connectivity index (χ0v) is 12.3. The van der Waals surface area contributed by atoms with Gasteiger partial charge in [-0.15, -0.1) is 11.8 Å². The summed E-state index contributed by atoms with van der Waals surface area (Å²) in [5.41, 5.74) is 2.91. The SMILES string of the molecule is O=C(O)c1ccccc1SCC1OCCc2ccccc21. The van der Waals surface area contributed by atoms with E-state index in [0.29, 0.717) is 5.56 Å². The lowest BCUT2D eigenvalue weighted by atomic mass is 9.99. The molecule has 0 saturated carbocycles. The number of ether oxygens (including phenoxy) is 1. The summed E-state index contributed by atoms with van der Waals surface area (Å²) in [6.45, 7) is 0.725. The lowest BCUT2D eigenvalue weighted by Crippen LogP contribution is -2.18. The fourth-order valence-corrected chi connectivity index (χ4v) is 3.64. The Bertz CT molecular complexity index is 654. The molecule has 4 heteroatoms. The summed E-state index contributed by atoms with van der Waals surface area (Å²) >= 11 is 1.54. The van der Waals surface area contributed by atoms with Gasteiger partial charge in [-0.2, -0.15) is 0 Å². The zero-order chi connectivity index (χ0) is 14.7. The van der Waals surface area contributed by atoms with Gasteiger partial charge in [-0.05, 0) is 29.7 Å². The lowest BCUT2D eigenvalue weighted by molar-refractivity contribution is 0.0587. The predicted octanol–water partition coefficient (Wildman–Crippen LogP) is 3.79. The molecule has 1 unspecified atom stereocenters. The summed E-state index contributed by atoms with van der Waals surface area (Å²) in [7, 11) is 0. The lowest BCUT2D eigenvalue weighted by Gasteiger charge is -2.25. The van der Waals surface area contributed by atoms with Crippen molar-refractivity contribution in [3.05, 3.63) is 65.2 Å². The van der Waals surface area contributed by atoms with E-state index in [4.69, 9.17) is 4.74 Å². The van der Waals surface area contributed by atoms with Gasteiger partial charge in [0.05, 0.1) is 18.3 Å². The minimum Gasteiger partial charge on any atom is -0.478 e. The van der Waals surface area contributed by atoms with Crippen LogP contribution in [0, 0.1) is 0 Å². The monoisotopic (exact) mass is 300 g/mol. The summed E-state index contributed by atoms with van der Waals surface area (Å²) in [6.07, 6.45) is 0.977. The van der Waals surface area contributed by atoms with Crippen LogP contribution in [0.5, 0.6) is 0 Å². The number of hydrogen-bond acceptors (Lipinski definition) is 3. The number of hydrogen-bond donors (Lipinski definition) is 1. The van der Waals surface area contributed by atoms with Crippen molar-refractivity contribution < 1.29 is 14.6 Å². The summed E-state index contributed by atoms with van der Waals surface area (Å²) < 4.78 is 5.86. The van der Waals surface area contributed by atoms with Crippen LogP contribution in [0.1, 0.15) is 27.6 Å². The van der Waals surface area contributed by atoms with Gasteiger partial charge in [-0.25, -0.2) is 4.79 Å². The molecule has 0 bridgehead atoms. The van der Waals surface area contributed by atoms with Crippen molar-refractivity contribution in [1.29, 1.82) is 0 Å². The van der Waals surface area contributed by atoms with Gasteiger partial charge in [0.2, 0.25) is 0 Å². The van der Waals surface area contributed by atoms with Gasteiger partial charge in [0.25, 0.3) is 0 Å². The van der Waals surface area contributed by atoms with Crippen molar-refractivity contribution in [1.82, 2.24) is 0 Å². The third-order valence-corrected chi connectivity index (χ3v) is 4.74. The second kappa shape index (κ2) is 6.33. The molecular weight excluding hydrogens is 284 g/mol. The first-order chi connectivity index (χ1) is 10.3. The molecule has 3 nitrogen and oxygen atoms in total. The van der Waals surface area contributed by atoms with Crippen LogP contribution < -0.4 is 0 Å². The fraction of sp³-hybridized carbons (Fsp3) is 0.235. The van der Waals surface area contributed by atoms with E-state index >= 15 is 0 Å². The van der Waals surface area contributed by atoms with E-state index in [0.717, 1.165) is 23.7 Å². The summed E-state index contributed by atoms with van der Waals surface area (Å²) in [5.74, 6) is -0.163. The number of carboxylic acid groups (broad SMARTS) is 1. The molecule has 2 aromatic carbocycles. The Morgan fingerprint density at radius 3 is 2.81 bits per heavy atom. The first kappa shape index (κ1) is 14.2. The van der Waals surface area contributed by atoms with Crippen LogP contribution >= 0.6 is 11.8 Å². The molecular formula is C17H16O3S. The van der Waals surface area contributed by atoms with E-state index in [1.54, 1.807) is 12.1 Å². The van der Waals surface area contributed by atoms with Crippen LogP contribution in [0.4, 0.5) is 0 Å². The molecule has 1 aliphatic rings. The Kier molecular flexibility index (Phi) is 4.27. The zero-order valence-electron chi connectivity index (χ0n) is 11.5. The number of benzene rings is 2. The van der Waals surface area contributed by atoms with Gasteiger partial charge in [0, 0.05) is 10.6 Å². The Balaban J connectivity index is 1.76. The van der Waals surface area contributed by atoms with E-state index in [2.05, 4.69) is 12.1 Å². The molecule has 1 aliphatic heterocycles. The van der Waals surface area contributed by atoms with E-state index in [9.17, 15) is 9.90 Å². The van der Waals surface area contributed by atoms with Gasteiger partial charge in [-0.3, -0.25) is 0 Å². The minimum atomic E-state index is -0.886. The maximum absolute atomic E-state index is 11.2. The molecule has 1 heterocycles.